The molecular formula is C19H23FN2O2S. The van der Waals surface area contributed by atoms with Crippen LogP contribution in [-0.4, -0.2) is 36.6 Å². The number of halogens is 1. The van der Waals surface area contributed by atoms with Crippen LogP contribution in [0.4, 0.5) is 10.1 Å². The molecule has 0 spiro atoms. The van der Waals surface area contributed by atoms with E-state index < -0.39 is 5.82 Å². The van der Waals surface area contributed by atoms with Crippen molar-refractivity contribution >= 4 is 22.9 Å². The zero-order valence-electron chi connectivity index (χ0n) is 14.3. The van der Waals surface area contributed by atoms with Crippen molar-refractivity contribution in [1.29, 1.82) is 0 Å². The largest absolute Gasteiger partial charge is 0.377 e. The Hall–Kier alpha value is -1.76. The fourth-order valence-electron chi connectivity index (χ4n) is 3.00. The Bertz CT molecular complexity index is 699. The van der Waals surface area contributed by atoms with Gasteiger partial charge >= 0.3 is 0 Å². The summed E-state index contributed by atoms with van der Waals surface area (Å²) in [5.74, 6) is -0.616. The quantitative estimate of drug-likeness (QED) is 0.814. The summed E-state index contributed by atoms with van der Waals surface area (Å²) in [6.07, 6.45) is 2.26. The highest BCUT2D eigenvalue weighted by Crippen LogP contribution is 2.18. The first-order chi connectivity index (χ1) is 12.1. The van der Waals surface area contributed by atoms with Gasteiger partial charge in [0, 0.05) is 24.6 Å². The van der Waals surface area contributed by atoms with E-state index in [2.05, 4.69) is 16.3 Å². The van der Waals surface area contributed by atoms with Crippen LogP contribution < -0.4 is 5.32 Å². The van der Waals surface area contributed by atoms with E-state index in [0.717, 1.165) is 25.0 Å². The fraction of sp³-hybridized carbons (Fsp3) is 0.421. The molecule has 1 unspecified atom stereocenters. The molecule has 2 aromatic rings. The number of nitrogens with zero attached hydrogens (tertiary/aromatic N) is 1. The molecule has 1 atom stereocenters. The first-order valence-electron chi connectivity index (χ1n) is 8.52. The minimum absolute atomic E-state index is 0.170. The normalized spacial score (nSPS) is 17.2. The number of carbonyl (C=O) groups excluding carboxylic acids is 1. The van der Waals surface area contributed by atoms with E-state index >= 15 is 0 Å². The fourth-order valence-corrected chi connectivity index (χ4v) is 3.74. The lowest BCUT2D eigenvalue weighted by atomic mass is 10.2. The molecule has 0 saturated carbocycles. The minimum atomic E-state index is -0.405. The number of thiophene rings is 1. The molecule has 1 aromatic carbocycles. The van der Waals surface area contributed by atoms with E-state index in [1.165, 1.54) is 10.9 Å². The van der Waals surface area contributed by atoms with E-state index in [4.69, 9.17) is 4.74 Å². The molecule has 4 nitrogen and oxygen atoms in total. The maximum absolute atomic E-state index is 13.9. The van der Waals surface area contributed by atoms with Crippen molar-refractivity contribution in [3.05, 3.63) is 52.0 Å². The van der Waals surface area contributed by atoms with Gasteiger partial charge in [0.25, 0.3) is 0 Å². The van der Waals surface area contributed by atoms with E-state index in [1.807, 2.05) is 18.4 Å². The second kappa shape index (κ2) is 8.56. The Kier molecular flexibility index (Phi) is 6.18. The first kappa shape index (κ1) is 18.0. The second-order valence-electron chi connectivity index (χ2n) is 6.42. The number of aryl methyl sites for hydroxylation is 1. The van der Waals surface area contributed by atoms with Gasteiger partial charge in [-0.25, -0.2) is 4.39 Å². The molecule has 6 heteroatoms. The topological polar surface area (TPSA) is 41.6 Å². The van der Waals surface area contributed by atoms with Crippen LogP contribution in [0.25, 0.3) is 0 Å². The van der Waals surface area contributed by atoms with Gasteiger partial charge in [0.1, 0.15) is 5.82 Å². The summed E-state index contributed by atoms with van der Waals surface area (Å²) in [6, 6.07) is 8.88. The standard InChI is InChI=1S/C19H23FN2O2S/c1-14-6-7-18(17(20)10-14)21-19(23)13-22(11-15-4-2-8-24-15)12-16-5-3-9-25-16/h3,5-7,9-10,15H,2,4,8,11-13H2,1H3,(H,21,23). The molecule has 0 radical (unpaired) electrons. The van der Waals surface area contributed by atoms with Crippen molar-refractivity contribution in [1.82, 2.24) is 4.90 Å². The molecule has 2 heterocycles. The van der Waals surface area contributed by atoms with Gasteiger partial charge in [-0.15, -0.1) is 11.3 Å². The van der Waals surface area contributed by atoms with Crippen LogP contribution >= 0.6 is 11.3 Å². The maximum Gasteiger partial charge on any atom is 0.238 e. The van der Waals surface area contributed by atoms with Gasteiger partial charge in [0.2, 0.25) is 5.91 Å². The van der Waals surface area contributed by atoms with Gasteiger partial charge in [0.15, 0.2) is 0 Å². The van der Waals surface area contributed by atoms with E-state index in [0.29, 0.717) is 13.1 Å². The third kappa shape index (κ3) is 5.36. The highest BCUT2D eigenvalue weighted by atomic mass is 32.1. The molecule has 1 N–H and O–H groups in total. The van der Waals surface area contributed by atoms with Gasteiger partial charge in [-0.3, -0.25) is 9.69 Å². The molecule has 0 aliphatic carbocycles. The molecule has 3 rings (SSSR count). The van der Waals surface area contributed by atoms with Crippen molar-refractivity contribution in [2.75, 3.05) is 25.0 Å². The van der Waals surface area contributed by atoms with Crippen LogP contribution in [0.5, 0.6) is 0 Å². The Morgan fingerprint density at radius 2 is 2.32 bits per heavy atom. The summed E-state index contributed by atoms with van der Waals surface area (Å²) in [5, 5.41) is 4.71. The number of benzene rings is 1. The molecule has 1 amide bonds. The lowest BCUT2D eigenvalue weighted by Gasteiger charge is -2.24. The molecule has 1 aliphatic heterocycles. The zero-order valence-corrected chi connectivity index (χ0v) is 15.2. The Morgan fingerprint density at radius 1 is 1.44 bits per heavy atom. The van der Waals surface area contributed by atoms with E-state index in [9.17, 15) is 9.18 Å². The van der Waals surface area contributed by atoms with Crippen molar-refractivity contribution < 1.29 is 13.9 Å². The average Bonchev–Trinajstić information content (AvgIpc) is 3.24. The molecule has 1 saturated heterocycles. The molecule has 25 heavy (non-hydrogen) atoms. The number of nitrogens with one attached hydrogen (secondary N) is 1. The summed E-state index contributed by atoms with van der Waals surface area (Å²) in [4.78, 5) is 15.7. The lowest BCUT2D eigenvalue weighted by Crippen LogP contribution is -2.37. The predicted molar refractivity (Wildman–Crippen MR) is 98.3 cm³/mol. The highest BCUT2D eigenvalue weighted by Gasteiger charge is 2.21. The van der Waals surface area contributed by atoms with Crippen LogP contribution in [0, 0.1) is 12.7 Å². The molecule has 1 aromatic heterocycles. The average molecular weight is 362 g/mol. The van der Waals surface area contributed by atoms with Crippen LogP contribution in [0.15, 0.2) is 35.7 Å². The lowest BCUT2D eigenvalue weighted by molar-refractivity contribution is -0.117. The third-order valence-corrected chi connectivity index (χ3v) is 5.07. The molecular weight excluding hydrogens is 339 g/mol. The van der Waals surface area contributed by atoms with Gasteiger partial charge in [-0.1, -0.05) is 12.1 Å². The monoisotopic (exact) mass is 362 g/mol. The Labute approximate surface area is 151 Å². The van der Waals surface area contributed by atoms with Crippen LogP contribution in [0.1, 0.15) is 23.3 Å². The third-order valence-electron chi connectivity index (χ3n) is 4.21. The molecule has 0 bridgehead atoms. The Morgan fingerprint density at radius 3 is 3.00 bits per heavy atom. The number of hydrogen-bond donors (Lipinski definition) is 1. The zero-order chi connectivity index (χ0) is 17.6. The first-order valence-corrected chi connectivity index (χ1v) is 9.40. The van der Waals surface area contributed by atoms with Crippen LogP contribution in [0.3, 0.4) is 0 Å². The summed E-state index contributed by atoms with van der Waals surface area (Å²) < 4.78 is 19.6. The Balaban J connectivity index is 1.62. The van der Waals surface area contributed by atoms with Gasteiger partial charge in [-0.05, 0) is 48.9 Å². The maximum atomic E-state index is 13.9. The summed E-state index contributed by atoms with van der Waals surface area (Å²) in [7, 11) is 0. The van der Waals surface area contributed by atoms with Crippen molar-refractivity contribution in [3.63, 3.8) is 0 Å². The highest BCUT2D eigenvalue weighted by molar-refractivity contribution is 7.09. The predicted octanol–water partition coefficient (Wildman–Crippen LogP) is 3.82. The van der Waals surface area contributed by atoms with Crippen molar-refractivity contribution in [2.45, 2.75) is 32.4 Å². The molecule has 1 aliphatic rings. The van der Waals surface area contributed by atoms with E-state index in [1.54, 1.807) is 23.5 Å². The van der Waals surface area contributed by atoms with Gasteiger partial charge in [0.05, 0.1) is 18.3 Å². The second-order valence-corrected chi connectivity index (χ2v) is 7.45. The summed E-state index contributed by atoms with van der Waals surface area (Å²) >= 11 is 1.67. The molecule has 134 valence electrons. The smallest absolute Gasteiger partial charge is 0.238 e. The number of ether oxygens (including phenoxy) is 1. The van der Waals surface area contributed by atoms with Gasteiger partial charge < -0.3 is 10.1 Å². The van der Waals surface area contributed by atoms with Crippen LogP contribution in [-0.2, 0) is 16.1 Å². The van der Waals surface area contributed by atoms with E-state index in [-0.39, 0.29) is 24.2 Å². The minimum Gasteiger partial charge on any atom is -0.377 e. The van der Waals surface area contributed by atoms with Crippen molar-refractivity contribution in [2.24, 2.45) is 0 Å². The summed E-state index contributed by atoms with van der Waals surface area (Å²) in [5.41, 5.74) is 1.05. The van der Waals surface area contributed by atoms with Gasteiger partial charge in [-0.2, -0.15) is 0 Å². The molecule has 1 fully saturated rings. The number of anilines is 1. The number of hydrogen-bond acceptors (Lipinski definition) is 4. The van der Waals surface area contributed by atoms with Crippen LogP contribution in [0.2, 0.25) is 0 Å². The number of rotatable bonds is 7. The number of amides is 1. The summed E-state index contributed by atoms with van der Waals surface area (Å²) in [6.45, 7) is 4.23. The van der Waals surface area contributed by atoms with Crippen molar-refractivity contribution in [3.8, 4) is 0 Å². The SMILES string of the molecule is Cc1ccc(NC(=O)CN(Cc2cccs2)CC2CCCO2)c(F)c1. The number of carbonyl (C=O) groups is 1.